The van der Waals surface area contributed by atoms with Crippen LogP contribution in [0.25, 0.3) is 5.57 Å². The van der Waals surface area contributed by atoms with Gasteiger partial charge < -0.3 is 9.80 Å². The van der Waals surface area contributed by atoms with Crippen molar-refractivity contribution in [3.05, 3.63) is 125 Å². The second-order valence-corrected chi connectivity index (χ2v) is 9.84. The number of aliphatic imine (C=N–C) groups is 1. The molecule has 0 saturated carbocycles. The Labute approximate surface area is 222 Å². The van der Waals surface area contributed by atoms with Crippen molar-refractivity contribution in [2.24, 2.45) is 4.99 Å². The van der Waals surface area contributed by atoms with Crippen molar-refractivity contribution in [3.8, 4) is 0 Å². The van der Waals surface area contributed by atoms with Crippen molar-refractivity contribution in [2.75, 3.05) is 38.0 Å². The molecule has 3 heteroatoms. The van der Waals surface area contributed by atoms with Gasteiger partial charge >= 0.3 is 0 Å². The molecule has 0 spiro atoms. The van der Waals surface area contributed by atoms with Crippen LogP contribution in [-0.2, 0) is 0 Å². The van der Waals surface area contributed by atoms with Gasteiger partial charge in [-0.3, -0.25) is 0 Å². The van der Waals surface area contributed by atoms with Crippen molar-refractivity contribution in [3.63, 3.8) is 0 Å². The normalized spacial score (nSPS) is 10.7. The maximum atomic E-state index is 5.01. The molecule has 0 bridgehead atoms. The third-order valence-corrected chi connectivity index (χ3v) is 6.84. The highest BCUT2D eigenvalue weighted by Crippen LogP contribution is 2.39. The van der Waals surface area contributed by atoms with Gasteiger partial charge in [0, 0.05) is 51.1 Å². The van der Waals surface area contributed by atoms with E-state index in [-0.39, 0.29) is 5.92 Å². The van der Waals surface area contributed by atoms with Gasteiger partial charge in [-0.2, -0.15) is 0 Å². The minimum atomic E-state index is 0.0506. The first-order valence-corrected chi connectivity index (χ1v) is 12.9. The lowest BCUT2D eigenvalue weighted by Crippen LogP contribution is -2.10. The molecule has 37 heavy (non-hydrogen) atoms. The van der Waals surface area contributed by atoms with Crippen LogP contribution in [-0.4, -0.2) is 34.1 Å². The quantitative estimate of drug-likeness (QED) is 0.185. The Balaban J connectivity index is 1.89. The lowest BCUT2D eigenvalue weighted by molar-refractivity contribution is 0.969. The van der Waals surface area contributed by atoms with Gasteiger partial charge in [-0.25, -0.2) is 4.99 Å². The molecular formula is C34H37N3. The average molecular weight is 488 g/mol. The summed E-state index contributed by atoms with van der Waals surface area (Å²) in [6.07, 6.45) is 0.871. The predicted molar refractivity (Wildman–Crippen MR) is 161 cm³/mol. The van der Waals surface area contributed by atoms with Crippen molar-refractivity contribution >= 4 is 28.5 Å². The van der Waals surface area contributed by atoms with Gasteiger partial charge in [0.2, 0.25) is 0 Å². The van der Waals surface area contributed by atoms with E-state index in [2.05, 4.69) is 149 Å². The number of allylic oxidation sites excluding steroid dienone is 1. The number of benzene rings is 4. The first-order valence-electron chi connectivity index (χ1n) is 12.9. The zero-order valence-corrected chi connectivity index (χ0v) is 22.9. The van der Waals surface area contributed by atoms with Gasteiger partial charge in [0.05, 0.1) is 5.69 Å². The fourth-order valence-electron chi connectivity index (χ4n) is 4.66. The zero-order valence-electron chi connectivity index (χ0n) is 22.9. The molecule has 0 aliphatic carbocycles. The molecule has 4 rings (SSSR count). The van der Waals surface area contributed by atoms with E-state index in [9.17, 15) is 0 Å². The minimum Gasteiger partial charge on any atom is -0.378 e. The highest BCUT2D eigenvalue weighted by molar-refractivity contribution is 5.91. The van der Waals surface area contributed by atoms with Crippen LogP contribution in [0.1, 0.15) is 47.1 Å². The Bertz CT molecular complexity index is 1320. The molecule has 0 unspecified atom stereocenters. The first kappa shape index (κ1) is 26.0. The van der Waals surface area contributed by atoms with Crippen LogP contribution in [0.4, 0.5) is 17.1 Å². The highest BCUT2D eigenvalue weighted by atomic mass is 15.1. The van der Waals surface area contributed by atoms with Gasteiger partial charge in [0.15, 0.2) is 0 Å². The molecule has 0 aromatic heterocycles. The third-order valence-electron chi connectivity index (χ3n) is 6.84. The van der Waals surface area contributed by atoms with E-state index in [0.29, 0.717) is 0 Å². The van der Waals surface area contributed by atoms with Crippen molar-refractivity contribution in [1.29, 1.82) is 0 Å². The smallest absolute Gasteiger partial charge is 0.0800 e. The summed E-state index contributed by atoms with van der Waals surface area (Å²) in [4.78, 5) is 9.28. The number of nitrogens with zero attached hydrogens (tertiary/aromatic N) is 3. The summed E-state index contributed by atoms with van der Waals surface area (Å²) < 4.78 is 0. The number of hydrogen-bond donors (Lipinski definition) is 0. The topological polar surface area (TPSA) is 18.8 Å². The van der Waals surface area contributed by atoms with Gasteiger partial charge in [0.1, 0.15) is 0 Å². The van der Waals surface area contributed by atoms with E-state index in [4.69, 9.17) is 4.99 Å². The summed E-state index contributed by atoms with van der Waals surface area (Å²) in [5.41, 5.74) is 10.5. The molecule has 4 aromatic carbocycles. The summed E-state index contributed by atoms with van der Waals surface area (Å²) in [5, 5.41) is 0. The summed E-state index contributed by atoms with van der Waals surface area (Å²) in [7, 11) is 8.29. The summed E-state index contributed by atoms with van der Waals surface area (Å²) >= 11 is 0. The zero-order chi connectivity index (χ0) is 26.4. The van der Waals surface area contributed by atoms with E-state index in [1.165, 1.54) is 33.6 Å². The molecule has 0 aliphatic heterocycles. The fraction of sp³-hybridized carbons (Fsp3) is 0.235. The number of anilines is 2. The van der Waals surface area contributed by atoms with Gasteiger partial charge in [0.25, 0.3) is 0 Å². The molecule has 0 aliphatic rings. The highest BCUT2D eigenvalue weighted by Gasteiger charge is 2.21. The molecule has 0 amide bonds. The average Bonchev–Trinajstić information content (AvgIpc) is 2.91. The van der Waals surface area contributed by atoms with Crippen LogP contribution in [0, 0.1) is 6.92 Å². The Morgan fingerprint density at radius 1 is 0.703 bits per heavy atom. The van der Waals surface area contributed by atoms with Crippen molar-refractivity contribution < 1.29 is 0 Å². The third kappa shape index (κ3) is 6.02. The van der Waals surface area contributed by atoms with Crippen LogP contribution in [0.2, 0.25) is 0 Å². The second kappa shape index (κ2) is 11.8. The minimum absolute atomic E-state index is 0.0506. The van der Waals surface area contributed by atoms with Crippen LogP contribution < -0.4 is 9.80 Å². The van der Waals surface area contributed by atoms with E-state index >= 15 is 0 Å². The fourth-order valence-corrected chi connectivity index (χ4v) is 4.66. The van der Waals surface area contributed by atoms with Crippen LogP contribution in [0.5, 0.6) is 0 Å². The Kier molecular flexibility index (Phi) is 8.28. The monoisotopic (exact) mass is 487 g/mol. The molecule has 0 radical (unpaired) electrons. The standard InChI is InChI=1S/C34H37N3/c1-7-26(27-13-9-8-10-14-27)24-35-34-25(2)12-11-15-32(34)33(28-16-20-30(21-17-28)36(3)4)29-18-22-31(23-19-29)37(5)6/h8-23,33H,7H2,1-6H3. The molecule has 188 valence electrons. The Morgan fingerprint density at radius 3 is 1.73 bits per heavy atom. The lowest BCUT2D eigenvalue weighted by atomic mass is 9.83. The van der Waals surface area contributed by atoms with Gasteiger partial charge in [-0.1, -0.05) is 79.7 Å². The molecule has 0 heterocycles. The predicted octanol–water partition coefficient (Wildman–Crippen LogP) is 8.10. The molecular weight excluding hydrogens is 450 g/mol. The largest absolute Gasteiger partial charge is 0.378 e. The van der Waals surface area contributed by atoms with E-state index in [1.807, 2.05) is 6.07 Å². The molecule has 4 aromatic rings. The number of para-hydroxylation sites is 1. The maximum Gasteiger partial charge on any atom is 0.0800 e. The molecule has 0 atom stereocenters. The summed E-state index contributed by atoms with van der Waals surface area (Å²) in [6.45, 7) is 4.30. The van der Waals surface area contributed by atoms with E-state index in [0.717, 1.165) is 23.2 Å². The van der Waals surface area contributed by atoms with Crippen molar-refractivity contribution in [2.45, 2.75) is 26.2 Å². The SMILES string of the molecule is CCC(=C=Nc1c(C)cccc1C(c1ccc(N(C)C)cc1)c1ccc(N(C)C)cc1)c1ccccc1. The van der Waals surface area contributed by atoms with E-state index < -0.39 is 0 Å². The number of aryl methyl sites for hydroxylation is 1. The molecule has 3 nitrogen and oxygen atoms in total. The van der Waals surface area contributed by atoms with Crippen LogP contribution >= 0.6 is 0 Å². The van der Waals surface area contributed by atoms with E-state index in [1.54, 1.807) is 0 Å². The van der Waals surface area contributed by atoms with Crippen molar-refractivity contribution in [1.82, 2.24) is 0 Å². The lowest BCUT2D eigenvalue weighted by Gasteiger charge is -2.23. The molecule has 0 fully saturated rings. The van der Waals surface area contributed by atoms with Crippen LogP contribution in [0.15, 0.2) is 102 Å². The Morgan fingerprint density at radius 2 is 1.24 bits per heavy atom. The van der Waals surface area contributed by atoms with Gasteiger partial charge in [-0.15, -0.1) is 0 Å². The van der Waals surface area contributed by atoms with Gasteiger partial charge in [-0.05, 0) is 71.3 Å². The molecule has 0 saturated heterocycles. The number of hydrogen-bond acceptors (Lipinski definition) is 3. The molecule has 0 N–H and O–H groups in total. The summed E-state index contributed by atoms with van der Waals surface area (Å²) in [5.74, 6) is 3.47. The number of rotatable bonds is 8. The first-order chi connectivity index (χ1) is 17.9. The second-order valence-electron chi connectivity index (χ2n) is 9.84. The summed E-state index contributed by atoms with van der Waals surface area (Å²) in [6, 6.07) is 34.7. The van der Waals surface area contributed by atoms with Crippen LogP contribution in [0.3, 0.4) is 0 Å². The maximum absolute atomic E-state index is 5.01. The Hall–Kier alpha value is -4.07.